The van der Waals surface area contributed by atoms with Crippen molar-refractivity contribution in [1.82, 2.24) is 9.97 Å². The number of carbonyl (C=O) groups is 1. The molecule has 1 aromatic heterocycles. The standard InChI is InChI=1S/C21H19N5O/c1-14-10-23-17(11-22-14)12-24-15-6-8-16(9-7-15)25-13-19-18-4-2-3-5-20(18)26-21(19)27/h2-11,13,24-25H,12H2,1H3,(H,26,27)/b19-13+. The Morgan fingerprint density at radius 2 is 1.78 bits per heavy atom. The Morgan fingerprint density at radius 1 is 1.00 bits per heavy atom. The number of amides is 1. The number of nitrogens with one attached hydrogen (secondary N) is 3. The van der Waals surface area contributed by atoms with Gasteiger partial charge in [-0.15, -0.1) is 0 Å². The summed E-state index contributed by atoms with van der Waals surface area (Å²) in [7, 11) is 0. The molecule has 0 saturated heterocycles. The molecule has 134 valence electrons. The van der Waals surface area contributed by atoms with Crippen molar-refractivity contribution in [3.63, 3.8) is 0 Å². The van der Waals surface area contributed by atoms with Crippen LogP contribution >= 0.6 is 0 Å². The molecular formula is C21H19N5O. The zero-order valence-electron chi connectivity index (χ0n) is 14.9. The molecule has 0 saturated carbocycles. The summed E-state index contributed by atoms with van der Waals surface area (Å²) in [6, 6.07) is 15.5. The molecule has 0 fully saturated rings. The van der Waals surface area contributed by atoms with Gasteiger partial charge in [0.15, 0.2) is 0 Å². The van der Waals surface area contributed by atoms with Gasteiger partial charge in [0.05, 0.1) is 29.7 Å². The van der Waals surface area contributed by atoms with Crippen LogP contribution in [0.25, 0.3) is 5.57 Å². The molecule has 0 bridgehead atoms. The van der Waals surface area contributed by atoms with E-state index in [0.717, 1.165) is 34.0 Å². The maximum atomic E-state index is 12.1. The molecule has 6 nitrogen and oxygen atoms in total. The molecule has 0 atom stereocenters. The lowest BCUT2D eigenvalue weighted by Crippen LogP contribution is -2.05. The zero-order chi connectivity index (χ0) is 18.6. The molecule has 6 heteroatoms. The summed E-state index contributed by atoms with van der Waals surface area (Å²) in [5, 5.41) is 9.37. The second-order valence-electron chi connectivity index (χ2n) is 6.28. The van der Waals surface area contributed by atoms with Crippen LogP contribution in [0.5, 0.6) is 0 Å². The number of hydrogen-bond acceptors (Lipinski definition) is 5. The molecule has 4 rings (SSSR count). The second kappa shape index (κ2) is 7.29. The van der Waals surface area contributed by atoms with Gasteiger partial charge in [0, 0.05) is 35.0 Å². The van der Waals surface area contributed by atoms with E-state index in [9.17, 15) is 4.79 Å². The van der Waals surface area contributed by atoms with Gasteiger partial charge in [-0.05, 0) is 37.3 Å². The lowest BCUT2D eigenvalue weighted by molar-refractivity contribution is -0.110. The predicted molar refractivity (Wildman–Crippen MR) is 107 cm³/mol. The smallest absolute Gasteiger partial charge is 0.257 e. The van der Waals surface area contributed by atoms with E-state index in [1.165, 1.54) is 0 Å². The van der Waals surface area contributed by atoms with E-state index in [4.69, 9.17) is 0 Å². The molecule has 0 spiro atoms. The van der Waals surface area contributed by atoms with Crippen LogP contribution in [0.1, 0.15) is 17.0 Å². The van der Waals surface area contributed by atoms with Crippen molar-refractivity contribution in [2.24, 2.45) is 0 Å². The summed E-state index contributed by atoms with van der Waals surface area (Å²) in [4.78, 5) is 20.7. The fourth-order valence-electron chi connectivity index (χ4n) is 2.83. The summed E-state index contributed by atoms with van der Waals surface area (Å²) >= 11 is 0. The van der Waals surface area contributed by atoms with Crippen LogP contribution in [0.2, 0.25) is 0 Å². The van der Waals surface area contributed by atoms with Crippen LogP contribution in [0, 0.1) is 6.92 Å². The van der Waals surface area contributed by atoms with Gasteiger partial charge >= 0.3 is 0 Å². The molecule has 2 heterocycles. The van der Waals surface area contributed by atoms with E-state index >= 15 is 0 Å². The van der Waals surface area contributed by atoms with Gasteiger partial charge in [0.25, 0.3) is 5.91 Å². The number of aryl methyl sites for hydroxylation is 1. The number of para-hydroxylation sites is 1. The van der Waals surface area contributed by atoms with Crippen molar-refractivity contribution in [2.75, 3.05) is 16.0 Å². The monoisotopic (exact) mass is 357 g/mol. The third kappa shape index (κ3) is 3.79. The van der Waals surface area contributed by atoms with E-state index in [-0.39, 0.29) is 5.91 Å². The summed E-state index contributed by atoms with van der Waals surface area (Å²) in [5.74, 6) is -0.0961. The van der Waals surface area contributed by atoms with Gasteiger partial charge in [-0.3, -0.25) is 14.8 Å². The van der Waals surface area contributed by atoms with Crippen LogP contribution in [-0.2, 0) is 11.3 Å². The van der Waals surface area contributed by atoms with Crippen LogP contribution < -0.4 is 16.0 Å². The number of aromatic nitrogens is 2. The van der Waals surface area contributed by atoms with Crippen molar-refractivity contribution < 1.29 is 4.79 Å². The average Bonchev–Trinajstić information content (AvgIpc) is 3.02. The number of benzene rings is 2. The summed E-state index contributed by atoms with van der Waals surface area (Å²) < 4.78 is 0. The van der Waals surface area contributed by atoms with E-state index in [0.29, 0.717) is 12.1 Å². The van der Waals surface area contributed by atoms with E-state index in [2.05, 4.69) is 25.9 Å². The molecule has 0 aliphatic carbocycles. The minimum Gasteiger partial charge on any atom is -0.379 e. The van der Waals surface area contributed by atoms with E-state index in [1.807, 2.05) is 55.5 Å². The molecule has 3 aromatic rings. The van der Waals surface area contributed by atoms with E-state index < -0.39 is 0 Å². The van der Waals surface area contributed by atoms with Crippen molar-refractivity contribution in [1.29, 1.82) is 0 Å². The Kier molecular flexibility index (Phi) is 4.53. The lowest BCUT2D eigenvalue weighted by Gasteiger charge is -2.08. The Hall–Kier alpha value is -3.67. The number of nitrogens with zero attached hydrogens (tertiary/aromatic N) is 2. The van der Waals surface area contributed by atoms with Crippen LogP contribution in [-0.4, -0.2) is 15.9 Å². The number of hydrogen-bond donors (Lipinski definition) is 3. The first kappa shape index (κ1) is 16.8. The second-order valence-corrected chi connectivity index (χ2v) is 6.28. The highest BCUT2D eigenvalue weighted by atomic mass is 16.2. The molecular weight excluding hydrogens is 338 g/mol. The highest BCUT2D eigenvalue weighted by Crippen LogP contribution is 2.31. The first-order chi connectivity index (χ1) is 13.2. The molecule has 1 aliphatic rings. The quantitative estimate of drug-likeness (QED) is 0.605. The minimum atomic E-state index is -0.0961. The van der Waals surface area contributed by atoms with Crippen LogP contribution in [0.4, 0.5) is 17.1 Å². The maximum Gasteiger partial charge on any atom is 0.257 e. The number of fused-ring (bicyclic) bond motifs is 1. The highest BCUT2D eigenvalue weighted by Gasteiger charge is 2.23. The van der Waals surface area contributed by atoms with Gasteiger partial charge in [-0.1, -0.05) is 18.2 Å². The van der Waals surface area contributed by atoms with Crippen LogP contribution in [0.3, 0.4) is 0 Å². The van der Waals surface area contributed by atoms with Crippen molar-refractivity contribution in [3.05, 3.63) is 84.1 Å². The first-order valence-corrected chi connectivity index (χ1v) is 8.68. The van der Waals surface area contributed by atoms with Crippen molar-refractivity contribution in [2.45, 2.75) is 13.5 Å². The molecule has 27 heavy (non-hydrogen) atoms. The molecule has 1 aliphatic heterocycles. The Labute approximate surface area is 157 Å². The maximum absolute atomic E-state index is 12.1. The molecule has 0 unspecified atom stereocenters. The Balaban J connectivity index is 1.39. The molecule has 3 N–H and O–H groups in total. The normalized spacial score (nSPS) is 14.0. The minimum absolute atomic E-state index is 0.0961. The van der Waals surface area contributed by atoms with Gasteiger partial charge < -0.3 is 16.0 Å². The molecule has 1 amide bonds. The fourth-order valence-corrected chi connectivity index (χ4v) is 2.83. The van der Waals surface area contributed by atoms with Gasteiger partial charge in [0.1, 0.15) is 0 Å². The third-order valence-electron chi connectivity index (χ3n) is 4.29. The summed E-state index contributed by atoms with van der Waals surface area (Å²) in [5.41, 5.74) is 6.06. The SMILES string of the molecule is Cc1cnc(CNc2ccc(N/C=C3/C(=O)Nc4ccccc43)cc2)cn1. The number of carbonyl (C=O) groups excluding carboxylic acids is 1. The van der Waals surface area contributed by atoms with Crippen molar-refractivity contribution in [3.8, 4) is 0 Å². The summed E-state index contributed by atoms with van der Waals surface area (Å²) in [6.07, 6.45) is 5.27. The molecule has 2 aromatic carbocycles. The summed E-state index contributed by atoms with van der Waals surface area (Å²) in [6.45, 7) is 2.53. The van der Waals surface area contributed by atoms with E-state index in [1.54, 1.807) is 18.6 Å². The third-order valence-corrected chi connectivity index (χ3v) is 4.29. The zero-order valence-corrected chi connectivity index (χ0v) is 14.9. The van der Waals surface area contributed by atoms with Gasteiger partial charge in [0.2, 0.25) is 0 Å². The number of anilines is 3. The molecule has 0 radical (unpaired) electrons. The highest BCUT2D eigenvalue weighted by molar-refractivity contribution is 6.31. The topological polar surface area (TPSA) is 78.9 Å². The fraction of sp³-hybridized carbons (Fsp3) is 0.0952. The van der Waals surface area contributed by atoms with Crippen molar-refractivity contribution >= 4 is 28.5 Å². The lowest BCUT2D eigenvalue weighted by atomic mass is 10.1. The Morgan fingerprint density at radius 3 is 2.56 bits per heavy atom. The first-order valence-electron chi connectivity index (χ1n) is 8.68. The Bertz CT molecular complexity index is 994. The average molecular weight is 357 g/mol. The van der Waals surface area contributed by atoms with Gasteiger partial charge in [-0.2, -0.15) is 0 Å². The number of rotatable bonds is 5. The van der Waals surface area contributed by atoms with Crippen LogP contribution in [0.15, 0.2) is 67.1 Å². The largest absolute Gasteiger partial charge is 0.379 e. The van der Waals surface area contributed by atoms with Gasteiger partial charge in [-0.25, -0.2) is 0 Å². The predicted octanol–water partition coefficient (Wildman–Crippen LogP) is 3.80.